The average molecular weight is 307 g/mol. The number of carbonyl (C=O) groups is 2. The van der Waals surface area contributed by atoms with Crippen LogP contribution in [0, 0.1) is 0 Å². The van der Waals surface area contributed by atoms with Gasteiger partial charge in [0.2, 0.25) is 0 Å². The minimum absolute atomic E-state index is 0.323. The van der Waals surface area contributed by atoms with Crippen molar-refractivity contribution in [3.63, 3.8) is 0 Å². The zero-order valence-electron chi connectivity index (χ0n) is 9.78. The van der Waals surface area contributed by atoms with Gasteiger partial charge < -0.3 is 10.4 Å². The minimum atomic E-state index is -1.17. The van der Waals surface area contributed by atoms with Gasteiger partial charge in [0.25, 0.3) is 0 Å². The Bertz CT molecular complexity index is 468. The fourth-order valence-electron chi connectivity index (χ4n) is 1.23. The van der Waals surface area contributed by atoms with Crippen LogP contribution >= 0.6 is 23.2 Å². The maximum atomic E-state index is 11.2. The molecule has 0 heterocycles. The maximum absolute atomic E-state index is 11.2. The number of hydrogen-bond acceptors (Lipinski definition) is 3. The lowest BCUT2D eigenvalue weighted by Gasteiger charge is -2.07. The van der Waals surface area contributed by atoms with E-state index in [0.29, 0.717) is 23.0 Å². The lowest BCUT2D eigenvalue weighted by molar-refractivity contribution is -0.144. The zero-order valence-corrected chi connectivity index (χ0v) is 11.3. The zero-order chi connectivity index (χ0) is 14.3. The molecule has 0 unspecified atom stereocenters. The van der Waals surface area contributed by atoms with Gasteiger partial charge in [-0.2, -0.15) is 0 Å². The summed E-state index contributed by atoms with van der Waals surface area (Å²) in [5, 5.41) is 11.8. The molecule has 0 atom stereocenters. The third-order valence-electron chi connectivity index (χ3n) is 2.06. The van der Waals surface area contributed by atoms with Gasteiger partial charge in [0.05, 0.1) is 0 Å². The third-order valence-corrected chi connectivity index (χ3v) is 2.64. The second-order valence-corrected chi connectivity index (χ2v) is 4.37. The summed E-state index contributed by atoms with van der Waals surface area (Å²) in [6.45, 7) is -0.278. The van der Waals surface area contributed by atoms with E-state index in [1.165, 1.54) is 0 Å². The lowest BCUT2D eigenvalue weighted by Crippen LogP contribution is -2.37. The Morgan fingerprint density at radius 1 is 1.32 bits per heavy atom. The van der Waals surface area contributed by atoms with Crippen molar-refractivity contribution in [1.82, 2.24) is 10.8 Å². The SMILES string of the molecule is O=C(O)CONC(=O)NCCc1ccc(Cl)cc1Cl. The van der Waals surface area contributed by atoms with Crippen molar-refractivity contribution in [2.24, 2.45) is 0 Å². The van der Waals surface area contributed by atoms with E-state index < -0.39 is 18.6 Å². The number of aliphatic carboxylic acids is 1. The van der Waals surface area contributed by atoms with Crippen LogP contribution in [0.1, 0.15) is 5.56 Å². The number of halogens is 2. The van der Waals surface area contributed by atoms with Crippen molar-refractivity contribution < 1.29 is 19.5 Å². The first-order valence-corrected chi connectivity index (χ1v) is 6.06. The van der Waals surface area contributed by atoms with E-state index in [4.69, 9.17) is 28.3 Å². The van der Waals surface area contributed by atoms with Crippen LogP contribution in [0.5, 0.6) is 0 Å². The number of urea groups is 1. The number of rotatable bonds is 6. The van der Waals surface area contributed by atoms with Crippen molar-refractivity contribution in [2.75, 3.05) is 13.2 Å². The van der Waals surface area contributed by atoms with E-state index >= 15 is 0 Å². The van der Waals surface area contributed by atoms with Crippen LogP contribution in [0.2, 0.25) is 10.0 Å². The summed E-state index contributed by atoms with van der Waals surface area (Å²) >= 11 is 11.7. The number of hydrogen-bond donors (Lipinski definition) is 3. The molecule has 0 radical (unpaired) electrons. The predicted molar refractivity (Wildman–Crippen MR) is 70.3 cm³/mol. The molecule has 8 heteroatoms. The number of amides is 2. The molecule has 0 saturated carbocycles. The second kappa shape index (κ2) is 7.83. The number of carboxylic acid groups (broad SMARTS) is 1. The summed E-state index contributed by atoms with van der Waals surface area (Å²) < 4.78 is 0. The highest BCUT2D eigenvalue weighted by atomic mass is 35.5. The monoisotopic (exact) mass is 306 g/mol. The summed E-state index contributed by atoms with van der Waals surface area (Å²) in [7, 11) is 0. The molecule has 0 aromatic heterocycles. The molecule has 1 aromatic rings. The summed E-state index contributed by atoms with van der Waals surface area (Å²) in [6.07, 6.45) is 0.516. The standard InChI is InChI=1S/C11H12Cl2N2O4/c12-8-2-1-7(9(13)5-8)3-4-14-11(18)15-19-6-10(16)17/h1-2,5H,3-4,6H2,(H,16,17)(H2,14,15,18). The molecule has 0 saturated heterocycles. The van der Waals surface area contributed by atoms with Crippen LogP contribution < -0.4 is 10.8 Å². The van der Waals surface area contributed by atoms with E-state index in [-0.39, 0.29) is 0 Å². The number of carbonyl (C=O) groups excluding carboxylic acids is 1. The first-order valence-electron chi connectivity index (χ1n) is 5.30. The van der Waals surface area contributed by atoms with E-state index in [0.717, 1.165) is 5.56 Å². The van der Waals surface area contributed by atoms with Gasteiger partial charge in [0.1, 0.15) is 0 Å². The van der Waals surface area contributed by atoms with E-state index in [2.05, 4.69) is 10.2 Å². The highest BCUT2D eigenvalue weighted by molar-refractivity contribution is 6.35. The van der Waals surface area contributed by atoms with Gasteiger partial charge in [0, 0.05) is 16.6 Å². The molecule has 104 valence electrons. The topological polar surface area (TPSA) is 87.7 Å². The van der Waals surface area contributed by atoms with Crippen molar-refractivity contribution >= 4 is 35.2 Å². The Labute approximate surface area is 119 Å². The maximum Gasteiger partial charge on any atom is 0.338 e. The van der Waals surface area contributed by atoms with Crippen LogP contribution in [0.25, 0.3) is 0 Å². The smallest absolute Gasteiger partial charge is 0.338 e. The van der Waals surface area contributed by atoms with Crippen LogP contribution in [0.15, 0.2) is 18.2 Å². The molecular weight excluding hydrogens is 295 g/mol. The summed E-state index contributed by atoms with van der Waals surface area (Å²) in [5.41, 5.74) is 2.78. The molecule has 0 aliphatic rings. The second-order valence-electron chi connectivity index (χ2n) is 3.53. The van der Waals surface area contributed by atoms with Gasteiger partial charge in [-0.25, -0.2) is 15.1 Å². The van der Waals surface area contributed by atoms with Gasteiger partial charge >= 0.3 is 12.0 Å². The Hall–Kier alpha value is -1.50. The molecule has 2 amide bonds. The summed E-state index contributed by atoms with van der Waals surface area (Å²) in [5.74, 6) is -1.17. The third kappa shape index (κ3) is 6.28. The van der Waals surface area contributed by atoms with Crippen LogP contribution in [-0.2, 0) is 16.1 Å². The molecule has 0 aliphatic heterocycles. The molecule has 1 rings (SSSR count). The number of hydroxylamine groups is 1. The first kappa shape index (κ1) is 15.6. The van der Waals surface area contributed by atoms with E-state index in [1.807, 2.05) is 5.48 Å². The molecule has 3 N–H and O–H groups in total. The predicted octanol–water partition coefficient (Wildman–Crippen LogP) is 1.85. The van der Waals surface area contributed by atoms with Crippen LogP contribution in [0.4, 0.5) is 4.79 Å². The molecule has 0 aliphatic carbocycles. The first-order chi connectivity index (χ1) is 8.99. The number of nitrogens with one attached hydrogen (secondary N) is 2. The quantitative estimate of drug-likeness (QED) is 0.700. The normalized spacial score (nSPS) is 10.0. The Morgan fingerprint density at radius 2 is 2.05 bits per heavy atom. The Morgan fingerprint density at radius 3 is 2.68 bits per heavy atom. The fourth-order valence-corrected chi connectivity index (χ4v) is 1.74. The van der Waals surface area contributed by atoms with E-state index in [1.54, 1.807) is 18.2 Å². The van der Waals surface area contributed by atoms with Crippen molar-refractivity contribution in [3.8, 4) is 0 Å². The molecule has 6 nitrogen and oxygen atoms in total. The molecule has 1 aromatic carbocycles. The van der Waals surface area contributed by atoms with Crippen LogP contribution in [-0.4, -0.2) is 30.3 Å². The summed E-state index contributed by atoms with van der Waals surface area (Å²) in [4.78, 5) is 25.7. The highest BCUT2D eigenvalue weighted by Crippen LogP contribution is 2.20. The average Bonchev–Trinajstić information content (AvgIpc) is 2.31. The lowest BCUT2D eigenvalue weighted by atomic mass is 10.1. The fraction of sp³-hybridized carbons (Fsp3) is 0.273. The highest BCUT2D eigenvalue weighted by Gasteiger charge is 2.04. The largest absolute Gasteiger partial charge is 0.479 e. The van der Waals surface area contributed by atoms with Crippen molar-refractivity contribution in [1.29, 1.82) is 0 Å². The molecule has 0 fully saturated rings. The van der Waals surface area contributed by atoms with Gasteiger partial charge in [-0.15, -0.1) is 0 Å². The molecular formula is C11H12Cl2N2O4. The van der Waals surface area contributed by atoms with Crippen molar-refractivity contribution in [2.45, 2.75) is 6.42 Å². The minimum Gasteiger partial charge on any atom is -0.479 e. The van der Waals surface area contributed by atoms with Crippen molar-refractivity contribution in [3.05, 3.63) is 33.8 Å². The van der Waals surface area contributed by atoms with E-state index in [9.17, 15) is 9.59 Å². The van der Waals surface area contributed by atoms with Gasteiger partial charge in [-0.3, -0.25) is 4.84 Å². The number of carboxylic acids is 1. The Kier molecular flexibility index (Phi) is 6.41. The van der Waals surface area contributed by atoms with Crippen LogP contribution in [0.3, 0.4) is 0 Å². The molecule has 19 heavy (non-hydrogen) atoms. The van der Waals surface area contributed by atoms with Gasteiger partial charge in [0.15, 0.2) is 6.61 Å². The molecule has 0 bridgehead atoms. The van der Waals surface area contributed by atoms with Gasteiger partial charge in [-0.1, -0.05) is 29.3 Å². The number of benzene rings is 1. The summed E-state index contributed by atoms with van der Waals surface area (Å²) in [6, 6.07) is 4.48. The Balaban J connectivity index is 2.26. The van der Waals surface area contributed by atoms with Gasteiger partial charge in [-0.05, 0) is 24.1 Å². The molecule has 0 spiro atoms.